The number of hydrogen-bond acceptors (Lipinski definition) is 1. The van der Waals surface area contributed by atoms with E-state index in [1.54, 1.807) is 0 Å². The van der Waals surface area contributed by atoms with Crippen molar-refractivity contribution in [3.8, 4) is 0 Å². The van der Waals surface area contributed by atoms with Gasteiger partial charge in [-0.25, -0.2) is 0 Å². The van der Waals surface area contributed by atoms with E-state index in [9.17, 15) is 0 Å². The molecule has 4 rings (SSSR count). The lowest BCUT2D eigenvalue weighted by Gasteiger charge is -2.32. The van der Waals surface area contributed by atoms with Crippen molar-refractivity contribution in [2.75, 3.05) is 0 Å². The summed E-state index contributed by atoms with van der Waals surface area (Å²) >= 11 is 0. The molecule has 0 heterocycles. The molecule has 3 atom stereocenters. The molecule has 0 saturated heterocycles. The van der Waals surface area contributed by atoms with Crippen molar-refractivity contribution in [3.05, 3.63) is 83.9 Å². The minimum atomic E-state index is 0.380. The third-order valence-corrected chi connectivity index (χ3v) is 5.72. The smallest absolute Gasteiger partial charge is 0.0300 e. The van der Waals surface area contributed by atoms with E-state index < -0.39 is 0 Å². The van der Waals surface area contributed by atoms with Crippen molar-refractivity contribution in [2.45, 2.75) is 50.6 Å². The molecule has 0 radical (unpaired) electrons. The van der Waals surface area contributed by atoms with Crippen LogP contribution in [0.25, 0.3) is 10.8 Å². The number of nitrogens with one attached hydrogen (secondary N) is 1. The topological polar surface area (TPSA) is 12.0 Å². The second-order valence-electron chi connectivity index (χ2n) is 7.43. The summed E-state index contributed by atoms with van der Waals surface area (Å²) in [4.78, 5) is 0. The average molecular weight is 329 g/mol. The van der Waals surface area contributed by atoms with Gasteiger partial charge in [-0.05, 0) is 54.0 Å². The van der Waals surface area contributed by atoms with Gasteiger partial charge in [-0.3, -0.25) is 0 Å². The molecule has 0 spiro atoms. The van der Waals surface area contributed by atoms with Gasteiger partial charge in [-0.15, -0.1) is 0 Å². The van der Waals surface area contributed by atoms with Gasteiger partial charge in [0.2, 0.25) is 0 Å². The molecule has 0 amide bonds. The number of benzene rings is 3. The minimum absolute atomic E-state index is 0.380. The molecule has 0 bridgehead atoms. The highest BCUT2D eigenvalue weighted by Crippen LogP contribution is 2.34. The van der Waals surface area contributed by atoms with Crippen LogP contribution in [0.15, 0.2) is 72.8 Å². The van der Waals surface area contributed by atoms with Crippen molar-refractivity contribution in [1.82, 2.24) is 5.32 Å². The SMILES string of the molecule is C[C@@H](NC1CCCC(c2ccccc2)C1)c1cccc2ccccc12. The van der Waals surface area contributed by atoms with Gasteiger partial charge in [-0.1, -0.05) is 79.2 Å². The van der Waals surface area contributed by atoms with Crippen molar-refractivity contribution in [1.29, 1.82) is 0 Å². The fourth-order valence-corrected chi connectivity index (χ4v) is 4.44. The second-order valence-corrected chi connectivity index (χ2v) is 7.43. The van der Waals surface area contributed by atoms with Gasteiger partial charge in [0.15, 0.2) is 0 Å². The lowest BCUT2D eigenvalue weighted by molar-refractivity contribution is 0.319. The van der Waals surface area contributed by atoms with Crippen molar-refractivity contribution in [2.24, 2.45) is 0 Å². The van der Waals surface area contributed by atoms with E-state index in [0.717, 1.165) is 0 Å². The van der Waals surface area contributed by atoms with E-state index in [-0.39, 0.29) is 0 Å². The standard InChI is InChI=1S/C24H27N/c1-18(23-16-8-12-20-11-5-6-15-24(20)23)25-22-14-7-13-21(17-22)19-9-3-2-4-10-19/h2-6,8-12,15-16,18,21-22,25H,7,13-14,17H2,1H3/t18-,21?,22?/m1/s1. The summed E-state index contributed by atoms with van der Waals surface area (Å²) in [6, 6.07) is 27.4. The zero-order valence-corrected chi connectivity index (χ0v) is 15.0. The van der Waals surface area contributed by atoms with Gasteiger partial charge >= 0.3 is 0 Å². The zero-order chi connectivity index (χ0) is 17.1. The summed E-state index contributed by atoms with van der Waals surface area (Å²) in [5.41, 5.74) is 2.92. The minimum Gasteiger partial charge on any atom is -0.307 e. The maximum Gasteiger partial charge on any atom is 0.0300 e. The molecule has 1 nitrogen and oxygen atoms in total. The van der Waals surface area contributed by atoms with Gasteiger partial charge in [0.05, 0.1) is 0 Å². The van der Waals surface area contributed by atoms with E-state index in [4.69, 9.17) is 0 Å². The number of rotatable bonds is 4. The predicted molar refractivity (Wildman–Crippen MR) is 107 cm³/mol. The van der Waals surface area contributed by atoms with E-state index in [2.05, 4.69) is 85.0 Å². The Hall–Kier alpha value is -2.12. The summed E-state index contributed by atoms with van der Waals surface area (Å²) in [6.07, 6.45) is 5.18. The maximum absolute atomic E-state index is 3.93. The fourth-order valence-electron chi connectivity index (χ4n) is 4.44. The van der Waals surface area contributed by atoms with Crippen LogP contribution < -0.4 is 5.32 Å². The average Bonchev–Trinajstić information content (AvgIpc) is 2.68. The molecule has 1 N–H and O–H groups in total. The molecule has 1 saturated carbocycles. The molecule has 0 aromatic heterocycles. The quantitative estimate of drug-likeness (QED) is 0.599. The predicted octanol–water partition coefficient (Wildman–Crippen LogP) is 6.22. The largest absolute Gasteiger partial charge is 0.307 e. The van der Waals surface area contributed by atoms with E-state index in [1.807, 2.05) is 0 Å². The molecule has 1 fully saturated rings. The van der Waals surface area contributed by atoms with E-state index in [1.165, 1.54) is 47.6 Å². The van der Waals surface area contributed by atoms with E-state index in [0.29, 0.717) is 18.0 Å². The zero-order valence-electron chi connectivity index (χ0n) is 15.0. The Morgan fingerprint density at radius 1 is 0.840 bits per heavy atom. The lowest BCUT2D eigenvalue weighted by atomic mass is 9.81. The van der Waals surface area contributed by atoms with Crippen LogP contribution in [0, 0.1) is 0 Å². The van der Waals surface area contributed by atoms with Crippen LogP contribution in [0.4, 0.5) is 0 Å². The Bertz CT molecular complexity index is 818. The molecular formula is C24H27N. The molecule has 128 valence electrons. The molecule has 3 aromatic rings. The maximum atomic E-state index is 3.93. The lowest BCUT2D eigenvalue weighted by Crippen LogP contribution is -2.35. The Morgan fingerprint density at radius 2 is 1.60 bits per heavy atom. The third-order valence-electron chi connectivity index (χ3n) is 5.72. The van der Waals surface area contributed by atoms with Crippen LogP contribution >= 0.6 is 0 Å². The molecule has 1 heteroatoms. The van der Waals surface area contributed by atoms with Crippen LogP contribution in [0.2, 0.25) is 0 Å². The Labute approximate surface area is 151 Å². The first kappa shape index (κ1) is 16.4. The van der Waals surface area contributed by atoms with Crippen LogP contribution in [0.1, 0.15) is 55.7 Å². The van der Waals surface area contributed by atoms with Crippen molar-refractivity contribution < 1.29 is 0 Å². The number of fused-ring (bicyclic) bond motifs is 1. The Morgan fingerprint density at radius 3 is 2.48 bits per heavy atom. The van der Waals surface area contributed by atoms with Crippen LogP contribution in [-0.4, -0.2) is 6.04 Å². The Balaban J connectivity index is 1.49. The normalized spacial score (nSPS) is 22.0. The van der Waals surface area contributed by atoms with Crippen LogP contribution in [0.5, 0.6) is 0 Å². The first-order chi connectivity index (χ1) is 12.3. The van der Waals surface area contributed by atoms with Gasteiger partial charge < -0.3 is 5.32 Å². The first-order valence-electron chi connectivity index (χ1n) is 9.60. The highest BCUT2D eigenvalue weighted by molar-refractivity contribution is 5.86. The summed E-state index contributed by atoms with van der Waals surface area (Å²) in [5, 5.41) is 6.64. The van der Waals surface area contributed by atoms with Gasteiger partial charge in [0.1, 0.15) is 0 Å². The highest BCUT2D eigenvalue weighted by Gasteiger charge is 2.24. The molecule has 3 aromatic carbocycles. The van der Waals surface area contributed by atoms with Crippen molar-refractivity contribution in [3.63, 3.8) is 0 Å². The van der Waals surface area contributed by atoms with Gasteiger partial charge in [0, 0.05) is 12.1 Å². The van der Waals surface area contributed by atoms with E-state index >= 15 is 0 Å². The molecule has 25 heavy (non-hydrogen) atoms. The highest BCUT2D eigenvalue weighted by atomic mass is 14.9. The summed E-state index contributed by atoms with van der Waals surface area (Å²) in [6.45, 7) is 2.31. The third kappa shape index (κ3) is 3.62. The van der Waals surface area contributed by atoms with Crippen LogP contribution in [0.3, 0.4) is 0 Å². The summed E-state index contributed by atoms with van der Waals surface area (Å²) < 4.78 is 0. The fraction of sp³-hybridized carbons (Fsp3) is 0.333. The number of hydrogen-bond donors (Lipinski definition) is 1. The molecular weight excluding hydrogens is 302 g/mol. The summed E-state index contributed by atoms with van der Waals surface area (Å²) in [5.74, 6) is 0.701. The molecule has 1 aliphatic rings. The van der Waals surface area contributed by atoms with Gasteiger partial charge in [0.25, 0.3) is 0 Å². The van der Waals surface area contributed by atoms with Gasteiger partial charge in [-0.2, -0.15) is 0 Å². The monoisotopic (exact) mass is 329 g/mol. The summed E-state index contributed by atoms with van der Waals surface area (Å²) in [7, 11) is 0. The second kappa shape index (κ2) is 7.41. The molecule has 1 aliphatic carbocycles. The Kier molecular flexibility index (Phi) is 4.85. The first-order valence-corrected chi connectivity index (χ1v) is 9.60. The van der Waals surface area contributed by atoms with Crippen molar-refractivity contribution >= 4 is 10.8 Å². The van der Waals surface area contributed by atoms with Crippen LogP contribution in [-0.2, 0) is 0 Å². The molecule has 2 unspecified atom stereocenters. The molecule has 0 aliphatic heterocycles.